The van der Waals surface area contributed by atoms with Crippen molar-refractivity contribution in [1.29, 1.82) is 0 Å². The minimum Gasteiger partial charge on any atom is -0.497 e. The van der Waals surface area contributed by atoms with E-state index in [2.05, 4.69) is 10.3 Å². The number of sulfonamides is 1. The van der Waals surface area contributed by atoms with Gasteiger partial charge in [0, 0.05) is 20.1 Å². The molecule has 0 atom stereocenters. The molecule has 8 heteroatoms. The normalized spacial score (nSPS) is 16.2. The van der Waals surface area contributed by atoms with Gasteiger partial charge in [-0.2, -0.15) is 4.31 Å². The predicted molar refractivity (Wildman–Crippen MR) is 85.3 cm³/mol. The van der Waals surface area contributed by atoms with E-state index in [-0.39, 0.29) is 5.03 Å². The lowest BCUT2D eigenvalue weighted by Crippen LogP contribution is -2.35. The van der Waals surface area contributed by atoms with Crippen molar-refractivity contribution < 1.29 is 13.2 Å². The van der Waals surface area contributed by atoms with Crippen LogP contribution in [0.4, 0.5) is 0 Å². The molecule has 3 rings (SSSR count). The Morgan fingerprint density at radius 3 is 2.74 bits per heavy atom. The standard InChI is InChI=1S/C15H18N4O3S/c1-18-15(11-16-17-18)23(20,21)19-8-6-12(7-9-19)13-4-3-5-14(10-13)22-2/h3-6,10-11H,7-9H2,1-2H3. The summed E-state index contributed by atoms with van der Waals surface area (Å²) in [5.74, 6) is 0.791. The van der Waals surface area contributed by atoms with E-state index in [9.17, 15) is 8.42 Å². The van der Waals surface area contributed by atoms with Crippen molar-refractivity contribution in [1.82, 2.24) is 19.3 Å². The van der Waals surface area contributed by atoms with Crippen molar-refractivity contribution in [3.05, 3.63) is 42.1 Å². The summed E-state index contributed by atoms with van der Waals surface area (Å²) in [6.07, 6.45) is 3.87. The largest absolute Gasteiger partial charge is 0.497 e. The van der Waals surface area contributed by atoms with Crippen molar-refractivity contribution in [3.63, 3.8) is 0 Å². The summed E-state index contributed by atoms with van der Waals surface area (Å²) in [7, 11) is -0.365. The van der Waals surface area contributed by atoms with E-state index in [1.807, 2.05) is 30.3 Å². The number of methoxy groups -OCH3 is 1. The van der Waals surface area contributed by atoms with Crippen molar-refractivity contribution in [3.8, 4) is 5.75 Å². The van der Waals surface area contributed by atoms with Gasteiger partial charge in [0.25, 0.3) is 10.0 Å². The molecule has 0 spiro atoms. The minimum atomic E-state index is -3.57. The first kappa shape index (κ1) is 15.7. The molecular weight excluding hydrogens is 316 g/mol. The van der Waals surface area contributed by atoms with Gasteiger partial charge in [-0.3, -0.25) is 0 Å². The van der Waals surface area contributed by atoms with Crippen LogP contribution in [0.15, 0.2) is 41.6 Å². The fraction of sp³-hybridized carbons (Fsp3) is 0.333. The van der Waals surface area contributed by atoms with E-state index in [4.69, 9.17) is 4.74 Å². The summed E-state index contributed by atoms with van der Waals surface area (Å²) in [4.78, 5) is 0. The van der Waals surface area contributed by atoms with Gasteiger partial charge in [-0.1, -0.05) is 23.4 Å². The van der Waals surface area contributed by atoms with Crippen LogP contribution >= 0.6 is 0 Å². The van der Waals surface area contributed by atoms with Crippen LogP contribution in [0, 0.1) is 0 Å². The van der Waals surface area contributed by atoms with Crippen molar-refractivity contribution in [2.75, 3.05) is 20.2 Å². The van der Waals surface area contributed by atoms with Gasteiger partial charge < -0.3 is 4.74 Å². The molecule has 0 bridgehead atoms. The molecule has 0 saturated heterocycles. The number of hydrogen-bond donors (Lipinski definition) is 0. The van der Waals surface area contributed by atoms with E-state index in [0.29, 0.717) is 19.5 Å². The molecule has 0 N–H and O–H groups in total. The molecule has 0 unspecified atom stereocenters. The molecule has 7 nitrogen and oxygen atoms in total. The Labute approximate surface area is 135 Å². The number of benzene rings is 1. The Hall–Kier alpha value is -2.19. The summed E-state index contributed by atoms with van der Waals surface area (Å²) < 4.78 is 33.1. The average molecular weight is 334 g/mol. The van der Waals surface area contributed by atoms with Crippen LogP contribution in [0.3, 0.4) is 0 Å². The second kappa shape index (κ2) is 6.13. The van der Waals surface area contributed by atoms with Gasteiger partial charge in [-0.25, -0.2) is 13.1 Å². The highest BCUT2D eigenvalue weighted by Crippen LogP contribution is 2.27. The Morgan fingerprint density at radius 2 is 2.13 bits per heavy atom. The summed E-state index contributed by atoms with van der Waals surface area (Å²) in [5.41, 5.74) is 2.18. The first-order valence-corrected chi connectivity index (χ1v) is 8.64. The highest BCUT2D eigenvalue weighted by atomic mass is 32.2. The molecule has 0 fully saturated rings. The van der Waals surface area contributed by atoms with Crippen LogP contribution in [0.2, 0.25) is 0 Å². The minimum absolute atomic E-state index is 0.107. The molecule has 1 aliphatic heterocycles. The van der Waals surface area contributed by atoms with Crippen LogP contribution in [0.1, 0.15) is 12.0 Å². The average Bonchev–Trinajstić information content (AvgIpc) is 3.02. The van der Waals surface area contributed by atoms with E-state index in [0.717, 1.165) is 16.9 Å². The third kappa shape index (κ3) is 2.99. The Balaban J connectivity index is 1.82. The highest BCUT2D eigenvalue weighted by Gasteiger charge is 2.29. The molecule has 0 saturated carbocycles. The maximum Gasteiger partial charge on any atom is 0.262 e. The zero-order valence-electron chi connectivity index (χ0n) is 13.0. The fourth-order valence-electron chi connectivity index (χ4n) is 2.60. The van der Waals surface area contributed by atoms with Gasteiger partial charge in [0.15, 0.2) is 5.03 Å². The molecule has 1 aromatic heterocycles. The Kier molecular flexibility index (Phi) is 4.18. The van der Waals surface area contributed by atoms with Crippen LogP contribution < -0.4 is 4.74 Å². The maximum atomic E-state index is 12.6. The Morgan fingerprint density at radius 1 is 1.30 bits per heavy atom. The molecule has 2 heterocycles. The number of aryl methyl sites for hydroxylation is 1. The lowest BCUT2D eigenvalue weighted by molar-refractivity contribution is 0.414. The van der Waals surface area contributed by atoms with Crippen molar-refractivity contribution in [2.45, 2.75) is 11.4 Å². The van der Waals surface area contributed by atoms with Gasteiger partial charge >= 0.3 is 0 Å². The van der Waals surface area contributed by atoms with E-state index < -0.39 is 10.0 Å². The van der Waals surface area contributed by atoms with Crippen LogP contribution in [0.5, 0.6) is 5.75 Å². The zero-order chi connectivity index (χ0) is 16.4. The third-order valence-electron chi connectivity index (χ3n) is 3.89. The molecule has 1 aliphatic rings. The van der Waals surface area contributed by atoms with E-state index >= 15 is 0 Å². The van der Waals surface area contributed by atoms with Crippen molar-refractivity contribution >= 4 is 15.6 Å². The molecule has 1 aromatic carbocycles. The van der Waals surface area contributed by atoms with Gasteiger partial charge in [0.2, 0.25) is 0 Å². The van der Waals surface area contributed by atoms with Gasteiger partial charge in [-0.15, -0.1) is 5.10 Å². The molecule has 2 aromatic rings. The Bertz CT molecular complexity index is 842. The number of nitrogens with zero attached hydrogens (tertiary/aromatic N) is 4. The molecular formula is C15H18N4O3S. The van der Waals surface area contributed by atoms with Gasteiger partial charge in [0.1, 0.15) is 5.75 Å². The lowest BCUT2D eigenvalue weighted by Gasteiger charge is -2.25. The molecule has 23 heavy (non-hydrogen) atoms. The van der Waals surface area contributed by atoms with Crippen LogP contribution in [-0.2, 0) is 17.1 Å². The first-order chi connectivity index (χ1) is 11.0. The quantitative estimate of drug-likeness (QED) is 0.842. The number of ether oxygens (including phenoxy) is 1. The number of rotatable bonds is 4. The van der Waals surface area contributed by atoms with Crippen LogP contribution in [0.25, 0.3) is 5.57 Å². The predicted octanol–water partition coefficient (Wildman–Crippen LogP) is 1.30. The topological polar surface area (TPSA) is 77.3 Å². The van der Waals surface area contributed by atoms with E-state index in [1.54, 1.807) is 14.2 Å². The third-order valence-corrected chi connectivity index (χ3v) is 5.80. The molecule has 0 radical (unpaired) electrons. The van der Waals surface area contributed by atoms with Crippen LogP contribution in [-0.4, -0.2) is 47.9 Å². The second-order valence-corrected chi connectivity index (χ2v) is 7.16. The second-order valence-electron chi connectivity index (χ2n) is 5.27. The summed E-state index contributed by atoms with van der Waals surface area (Å²) >= 11 is 0. The maximum absolute atomic E-state index is 12.6. The monoisotopic (exact) mass is 334 g/mol. The van der Waals surface area contributed by atoms with E-state index in [1.165, 1.54) is 15.2 Å². The lowest BCUT2D eigenvalue weighted by atomic mass is 10.0. The van der Waals surface area contributed by atoms with Gasteiger partial charge in [0.05, 0.1) is 13.3 Å². The zero-order valence-corrected chi connectivity index (χ0v) is 13.8. The molecule has 122 valence electrons. The smallest absolute Gasteiger partial charge is 0.262 e. The summed E-state index contributed by atoms with van der Waals surface area (Å²) in [5, 5.41) is 7.44. The number of hydrogen-bond acceptors (Lipinski definition) is 5. The summed E-state index contributed by atoms with van der Waals surface area (Å²) in [6.45, 7) is 0.761. The van der Waals surface area contributed by atoms with Crippen molar-refractivity contribution in [2.24, 2.45) is 7.05 Å². The fourth-order valence-corrected chi connectivity index (χ4v) is 4.02. The SMILES string of the molecule is COc1cccc(C2=CCN(S(=O)(=O)c3cnnn3C)CC2)c1. The first-order valence-electron chi connectivity index (χ1n) is 7.20. The number of aromatic nitrogens is 3. The highest BCUT2D eigenvalue weighted by molar-refractivity contribution is 7.89. The molecule has 0 amide bonds. The van der Waals surface area contributed by atoms with Gasteiger partial charge in [-0.05, 0) is 29.7 Å². The molecule has 0 aliphatic carbocycles. The summed E-state index contributed by atoms with van der Waals surface area (Å²) in [6, 6.07) is 7.78.